The molecule has 6 nitrogen and oxygen atoms in total. The summed E-state index contributed by atoms with van der Waals surface area (Å²) in [5.74, 6) is -0.324. The maximum absolute atomic E-state index is 13.4. The Hall–Kier alpha value is -2.80. The van der Waals surface area contributed by atoms with Crippen molar-refractivity contribution in [1.29, 1.82) is 0 Å². The molecule has 1 saturated carbocycles. The van der Waals surface area contributed by atoms with Crippen molar-refractivity contribution in [3.05, 3.63) is 59.2 Å². The molecule has 7 heteroatoms. The van der Waals surface area contributed by atoms with E-state index in [1.165, 1.54) is 19.3 Å². The summed E-state index contributed by atoms with van der Waals surface area (Å²) < 4.78 is 0. The molecule has 3 N–H and O–H groups in total. The quantitative estimate of drug-likeness (QED) is 0.291. The van der Waals surface area contributed by atoms with Crippen LogP contribution >= 0.6 is 11.8 Å². The fourth-order valence-electron chi connectivity index (χ4n) is 5.38. The third kappa shape index (κ3) is 7.62. The fourth-order valence-corrected chi connectivity index (χ4v) is 5.85. The van der Waals surface area contributed by atoms with Crippen LogP contribution in [0, 0.1) is 18.8 Å². The average Bonchev–Trinajstić information content (AvgIpc) is 2.93. The molecule has 0 heterocycles. The highest BCUT2D eigenvalue weighted by atomic mass is 32.2. The minimum atomic E-state index is -1.04. The van der Waals surface area contributed by atoms with E-state index in [4.69, 9.17) is 0 Å². The van der Waals surface area contributed by atoms with Crippen LogP contribution in [0.1, 0.15) is 86.3 Å². The van der Waals surface area contributed by atoms with Crippen LogP contribution in [0.15, 0.2) is 42.5 Å². The molecular formula is C31H42N2O4S. The number of aliphatic carboxylic acids is 1. The minimum Gasteiger partial charge on any atom is -0.480 e. The molecule has 2 amide bonds. The zero-order chi connectivity index (χ0) is 27.7. The average molecular weight is 539 g/mol. The van der Waals surface area contributed by atoms with Gasteiger partial charge in [-0.25, -0.2) is 4.79 Å². The van der Waals surface area contributed by atoms with Gasteiger partial charge >= 0.3 is 5.97 Å². The smallest absolute Gasteiger partial charge is 0.326 e. The van der Waals surface area contributed by atoms with E-state index in [2.05, 4.69) is 10.6 Å². The summed E-state index contributed by atoms with van der Waals surface area (Å²) in [6.07, 6.45) is 8.86. The number of hydrogen-bond acceptors (Lipinski definition) is 4. The first kappa shape index (κ1) is 29.8. The highest BCUT2D eigenvalue weighted by Gasteiger charge is 2.28. The Labute approximate surface area is 231 Å². The van der Waals surface area contributed by atoms with E-state index < -0.39 is 17.9 Å². The summed E-state index contributed by atoms with van der Waals surface area (Å²) in [5, 5.41) is 15.6. The first-order valence-corrected chi connectivity index (χ1v) is 15.2. The third-order valence-electron chi connectivity index (χ3n) is 7.84. The van der Waals surface area contributed by atoms with Crippen LogP contribution in [-0.4, -0.2) is 40.9 Å². The Morgan fingerprint density at radius 2 is 1.74 bits per heavy atom. The van der Waals surface area contributed by atoms with Crippen molar-refractivity contribution in [3.8, 4) is 11.1 Å². The van der Waals surface area contributed by atoms with Gasteiger partial charge in [-0.3, -0.25) is 9.59 Å². The molecule has 3 rings (SSSR count). The molecule has 0 bridgehead atoms. The van der Waals surface area contributed by atoms with Crippen LogP contribution in [0.4, 0.5) is 0 Å². The van der Waals surface area contributed by atoms with Crippen LogP contribution in [0.3, 0.4) is 0 Å². The van der Waals surface area contributed by atoms with Gasteiger partial charge in [0, 0.05) is 11.5 Å². The Kier molecular flexibility index (Phi) is 11.3. The summed E-state index contributed by atoms with van der Waals surface area (Å²) in [7, 11) is 0. The van der Waals surface area contributed by atoms with E-state index in [1.54, 1.807) is 17.8 Å². The summed E-state index contributed by atoms with van der Waals surface area (Å²) in [6.45, 7) is 6.08. The van der Waals surface area contributed by atoms with Crippen molar-refractivity contribution in [2.45, 2.75) is 77.8 Å². The van der Waals surface area contributed by atoms with Gasteiger partial charge in [-0.05, 0) is 84.9 Å². The molecule has 38 heavy (non-hydrogen) atoms. The van der Waals surface area contributed by atoms with E-state index in [-0.39, 0.29) is 17.9 Å². The zero-order valence-electron chi connectivity index (χ0n) is 23.1. The van der Waals surface area contributed by atoms with Crippen molar-refractivity contribution in [1.82, 2.24) is 10.6 Å². The Morgan fingerprint density at radius 3 is 2.37 bits per heavy atom. The fraction of sp³-hybridized carbons (Fsp3) is 0.516. The zero-order valence-corrected chi connectivity index (χ0v) is 23.9. The highest BCUT2D eigenvalue weighted by molar-refractivity contribution is 7.98. The number of carboxylic acid groups (broad SMARTS) is 1. The first-order chi connectivity index (χ1) is 18.3. The minimum absolute atomic E-state index is 0.0283. The lowest BCUT2D eigenvalue weighted by atomic mass is 9.80. The molecule has 3 atom stereocenters. The molecule has 206 valence electrons. The number of carbonyl (C=O) groups is 3. The third-order valence-corrected chi connectivity index (χ3v) is 8.48. The van der Waals surface area contributed by atoms with Gasteiger partial charge in [0.1, 0.15) is 6.04 Å². The molecule has 2 aromatic rings. The van der Waals surface area contributed by atoms with Gasteiger partial charge in [-0.2, -0.15) is 11.8 Å². The van der Waals surface area contributed by atoms with Crippen LogP contribution in [0.25, 0.3) is 11.1 Å². The molecule has 0 saturated heterocycles. The van der Waals surface area contributed by atoms with Gasteiger partial charge in [0.05, 0.1) is 6.04 Å². The van der Waals surface area contributed by atoms with Gasteiger partial charge in [0.25, 0.3) is 5.91 Å². The van der Waals surface area contributed by atoms with E-state index in [9.17, 15) is 19.5 Å². The van der Waals surface area contributed by atoms with Crippen molar-refractivity contribution in [2.24, 2.45) is 11.8 Å². The summed E-state index contributed by atoms with van der Waals surface area (Å²) >= 11 is 1.55. The maximum atomic E-state index is 13.4. The predicted molar refractivity (Wildman–Crippen MR) is 155 cm³/mol. The van der Waals surface area contributed by atoms with Crippen LogP contribution in [0.2, 0.25) is 0 Å². The molecule has 0 aromatic heterocycles. The van der Waals surface area contributed by atoms with Gasteiger partial charge in [-0.1, -0.05) is 63.4 Å². The largest absolute Gasteiger partial charge is 0.480 e. The van der Waals surface area contributed by atoms with E-state index in [0.29, 0.717) is 23.7 Å². The van der Waals surface area contributed by atoms with E-state index >= 15 is 0 Å². The number of amides is 2. The second-order valence-corrected chi connectivity index (χ2v) is 11.4. The number of benzene rings is 2. The summed E-state index contributed by atoms with van der Waals surface area (Å²) in [5.41, 5.74) is 4.02. The van der Waals surface area contributed by atoms with Gasteiger partial charge in [0.15, 0.2) is 0 Å². The molecule has 0 radical (unpaired) electrons. The van der Waals surface area contributed by atoms with E-state index in [0.717, 1.165) is 41.5 Å². The SMILES string of the molecule is CCC(NC(=O)C(C)C1CCCCC1)c1ccc(C(=O)NC(CCSC)C(=O)O)c(-c2ccccc2C)c1. The van der Waals surface area contributed by atoms with Gasteiger partial charge < -0.3 is 15.7 Å². The monoisotopic (exact) mass is 538 g/mol. The molecule has 1 fully saturated rings. The number of rotatable bonds is 12. The molecule has 3 unspecified atom stereocenters. The van der Waals surface area contributed by atoms with Gasteiger partial charge in [0.2, 0.25) is 5.91 Å². The summed E-state index contributed by atoms with van der Waals surface area (Å²) in [4.78, 5) is 38.3. The predicted octanol–water partition coefficient (Wildman–Crippen LogP) is 6.38. The first-order valence-electron chi connectivity index (χ1n) is 13.8. The number of carbonyl (C=O) groups excluding carboxylic acids is 2. The lowest BCUT2D eigenvalue weighted by Gasteiger charge is -2.29. The molecular weight excluding hydrogens is 496 g/mol. The number of nitrogens with one attached hydrogen (secondary N) is 2. The molecule has 1 aliphatic rings. The van der Waals surface area contributed by atoms with E-state index in [1.807, 2.05) is 63.4 Å². The lowest BCUT2D eigenvalue weighted by Crippen LogP contribution is -2.41. The van der Waals surface area contributed by atoms with Crippen LogP contribution < -0.4 is 10.6 Å². The second-order valence-electron chi connectivity index (χ2n) is 10.4. The van der Waals surface area contributed by atoms with Crippen molar-refractivity contribution >= 4 is 29.5 Å². The normalized spacial score (nSPS) is 16.3. The number of carboxylic acids is 1. The lowest BCUT2D eigenvalue weighted by molar-refractivity contribution is -0.139. The molecule has 0 spiro atoms. The molecule has 1 aliphatic carbocycles. The van der Waals surface area contributed by atoms with Crippen LogP contribution in [0.5, 0.6) is 0 Å². The second kappa shape index (κ2) is 14.4. The van der Waals surface area contributed by atoms with Crippen molar-refractivity contribution in [2.75, 3.05) is 12.0 Å². The van der Waals surface area contributed by atoms with Gasteiger partial charge in [-0.15, -0.1) is 0 Å². The molecule has 2 aromatic carbocycles. The number of hydrogen-bond donors (Lipinski definition) is 3. The Balaban J connectivity index is 1.91. The number of aryl methyl sites for hydroxylation is 1. The topological polar surface area (TPSA) is 95.5 Å². The van der Waals surface area contributed by atoms with Crippen LogP contribution in [-0.2, 0) is 9.59 Å². The standard InChI is InChI=1S/C31H42N2O4S/c1-5-27(32-29(34)21(3)22-12-7-6-8-13-22)23-15-16-25(26(19-23)24-14-10-9-11-20(24)2)30(35)33-28(31(36)37)17-18-38-4/h9-11,14-16,19,21-22,27-28H,5-8,12-13,17-18H2,1-4H3,(H,32,34)(H,33,35)(H,36,37). The van der Waals surface area contributed by atoms with Crippen molar-refractivity contribution in [3.63, 3.8) is 0 Å². The van der Waals surface area contributed by atoms with Crippen molar-refractivity contribution < 1.29 is 19.5 Å². The number of thioether (sulfide) groups is 1. The Morgan fingerprint density at radius 1 is 1.03 bits per heavy atom. The summed E-state index contributed by atoms with van der Waals surface area (Å²) in [6, 6.07) is 12.3. The highest BCUT2D eigenvalue weighted by Crippen LogP contribution is 2.33. The maximum Gasteiger partial charge on any atom is 0.326 e. The Bertz CT molecular complexity index is 1110. The molecule has 0 aliphatic heterocycles.